The number of alkyl halides is 2. The Morgan fingerprint density at radius 3 is 2.74 bits per heavy atom. The van der Waals surface area contributed by atoms with Crippen molar-refractivity contribution in [3.63, 3.8) is 0 Å². The van der Waals surface area contributed by atoms with Crippen LogP contribution < -0.4 is 14.8 Å². The molecule has 4 rings (SSSR count). The van der Waals surface area contributed by atoms with Crippen LogP contribution in [0, 0.1) is 11.8 Å². The van der Waals surface area contributed by atoms with E-state index in [0.717, 1.165) is 17.7 Å². The fourth-order valence-electron chi connectivity index (χ4n) is 4.61. The van der Waals surface area contributed by atoms with Gasteiger partial charge in [-0.15, -0.1) is 0 Å². The maximum atomic E-state index is 13.4. The fraction of sp³-hybridized carbons (Fsp3) is 0.481. The molecule has 2 amide bonds. The van der Waals surface area contributed by atoms with Crippen molar-refractivity contribution in [2.45, 2.75) is 45.0 Å². The average molecular weight is 486 g/mol. The van der Waals surface area contributed by atoms with Crippen LogP contribution >= 0.6 is 0 Å². The number of ether oxygens (including phenoxy) is 2. The molecule has 1 saturated carbocycles. The largest absolute Gasteiger partial charge is 0.493 e. The number of likely N-dealkylation sites (tertiary alicyclic amines) is 1. The Hall–Kier alpha value is -3.16. The fourth-order valence-corrected chi connectivity index (χ4v) is 4.61. The third kappa shape index (κ3) is 6.93. The van der Waals surface area contributed by atoms with Crippen LogP contribution in [0.1, 0.15) is 44.6 Å². The molecule has 2 heterocycles. The number of piperidine rings is 1. The van der Waals surface area contributed by atoms with Gasteiger partial charge in [-0.25, -0.2) is 18.6 Å². The Morgan fingerprint density at radius 2 is 2.06 bits per heavy atom. The number of rotatable bonds is 6. The molecular formula is C27H33F2N3O3. The van der Waals surface area contributed by atoms with E-state index in [9.17, 15) is 13.6 Å². The quantitative estimate of drug-likeness (QED) is 0.525. The van der Waals surface area contributed by atoms with Crippen LogP contribution in [0.5, 0.6) is 11.6 Å². The van der Waals surface area contributed by atoms with Gasteiger partial charge in [0.2, 0.25) is 11.8 Å². The van der Waals surface area contributed by atoms with Crippen LogP contribution in [0.4, 0.5) is 19.3 Å². The first kappa shape index (κ1) is 24.9. The molecule has 0 radical (unpaired) electrons. The normalized spacial score (nSPS) is 21.5. The van der Waals surface area contributed by atoms with Crippen molar-refractivity contribution >= 4 is 17.8 Å². The van der Waals surface area contributed by atoms with E-state index in [4.69, 9.17) is 9.47 Å². The number of pyridine rings is 1. The van der Waals surface area contributed by atoms with Crippen LogP contribution in [0.2, 0.25) is 0 Å². The molecule has 8 heteroatoms. The number of halogens is 2. The molecule has 6 nitrogen and oxygen atoms in total. The van der Waals surface area contributed by atoms with E-state index in [-0.39, 0.29) is 30.7 Å². The van der Waals surface area contributed by atoms with E-state index < -0.39 is 5.92 Å². The van der Waals surface area contributed by atoms with Gasteiger partial charge in [-0.2, -0.15) is 0 Å². The summed E-state index contributed by atoms with van der Waals surface area (Å²) in [7, 11) is 1.55. The molecule has 1 atom stereocenters. The maximum Gasteiger partial charge on any atom is 0.321 e. The summed E-state index contributed by atoms with van der Waals surface area (Å²) in [4.78, 5) is 18.6. The molecular weight excluding hydrogens is 452 g/mol. The van der Waals surface area contributed by atoms with Crippen molar-refractivity contribution in [1.82, 2.24) is 9.88 Å². The topological polar surface area (TPSA) is 63.7 Å². The molecule has 2 aliphatic rings. The number of carbonyl (C=O) groups is 1. The summed E-state index contributed by atoms with van der Waals surface area (Å²) in [6, 6.07) is 11.2. The van der Waals surface area contributed by atoms with Gasteiger partial charge in [0.15, 0.2) is 0 Å². The number of benzene rings is 1. The second kappa shape index (κ2) is 11.1. The van der Waals surface area contributed by atoms with Gasteiger partial charge >= 0.3 is 6.03 Å². The second-order valence-corrected chi connectivity index (χ2v) is 9.52. The van der Waals surface area contributed by atoms with E-state index in [0.29, 0.717) is 44.1 Å². The van der Waals surface area contributed by atoms with E-state index in [2.05, 4.69) is 23.3 Å². The van der Waals surface area contributed by atoms with Crippen LogP contribution in [0.3, 0.4) is 0 Å². The maximum absolute atomic E-state index is 13.4. The first-order chi connectivity index (χ1) is 16.8. The zero-order valence-electron chi connectivity index (χ0n) is 20.3. The third-order valence-electron chi connectivity index (χ3n) is 6.81. The van der Waals surface area contributed by atoms with Crippen molar-refractivity contribution in [2.24, 2.45) is 11.8 Å². The lowest BCUT2D eigenvalue weighted by atomic mass is 9.87. The standard InChI is InChI=1S/C27H33F2N3O3/c1-19-17-32(26(33)31-23-6-7-25(34-2)30-16-23)13-10-22(19)14-21-4-3-5-24(15-21)35-18-20-8-11-27(28,29)12-9-20/h3-7,14-16,19-20H,8-13,17-18H2,1-2H3,(H,31,33). The summed E-state index contributed by atoms with van der Waals surface area (Å²) < 4.78 is 37.7. The molecule has 1 aromatic carbocycles. The molecule has 1 aliphatic heterocycles. The van der Waals surface area contributed by atoms with Crippen LogP contribution in [0.15, 0.2) is 48.2 Å². The number of amides is 2. The summed E-state index contributed by atoms with van der Waals surface area (Å²) in [5.74, 6) is -0.854. The summed E-state index contributed by atoms with van der Waals surface area (Å²) in [6.07, 6.45) is 5.46. The summed E-state index contributed by atoms with van der Waals surface area (Å²) in [5.41, 5.74) is 2.96. The minimum absolute atomic E-state index is 0.0446. The molecule has 2 aromatic rings. The number of hydrogen-bond acceptors (Lipinski definition) is 4. The van der Waals surface area contributed by atoms with Gasteiger partial charge in [-0.3, -0.25) is 0 Å². The summed E-state index contributed by atoms with van der Waals surface area (Å²) >= 11 is 0. The predicted octanol–water partition coefficient (Wildman–Crippen LogP) is 6.25. The number of urea groups is 1. The summed E-state index contributed by atoms with van der Waals surface area (Å²) in [5, 5.41) is 2.89. The number of anilines is 1. The smallest absolute Gasteiger partial charge is 0.321 e. The molecule has 1 aromatic heterocycles. The van der Waals surface area contributed by atoms with Gasteiger partial charge in [0, 0.05) is 32.0 Å². The lowest BCUT2D eigenvalue weighted by Gasteiger charge is -2.33. The number of carbonyl (C=O) groups excluding carboxylic acids is 1. The molecule has 1 N–H and O–H groups in total. The third-order valence-corrected chi connectivity index (χ3v) is 6.81. The molecule has 188 valence electrons. The zero-order chi connectivity index (χ0) is 24.8. The van der Waals surface area contributed by atoms with Gasteiger partial charge in [0.1, 0.15) is 5.75 Å². The highest BCUT2D eigenvalue weighted by atomic mass is 19.3. The Kier molecular flexibility index (Phi) is 7.88. The van der Waals surface area contributed by atoms with E-state index in [1.54, 1.807) is 25.4 Å². The molecule has 0 spiro atoms. The highest BCUT2D eigenvalue weighted by molar-refractivity contribution is 5.89. The minimum atomic E-state index is -2.51. The minimum Gasteiger partial charge on any atom is -0.493 e. The van der Waals surface area contributed by atoms with Crippen LogP contribution in [-0.4, -0.2) is 48.6 Å². The van der Waals surface area contributed by atoms with Crippen molar-refractivity contribution in [3.05, 3.63) is 53.7 Å². The second-order valence-electron chi connectivity index (χ2n) is 9.52. The first-order valence-electron chi connectivity index (χ1n) is 12.2. The highest BCUT2D eigenvalue weighted by Crippen LogP contribution is 2.36. The summed E-state index contributed by atoms with van der Waals surface area (Å²) in [6.45, 7) is 3.86. The molecule has 2 fully saturated rings. The lowest BCUT2D eigenvalue weighted by Crippen LogP contribution is -2.42. The van der Waals surface area contributed by atoms with Gasteiger partial charge in [-0.1, -0.05) is 30.7 Å². The lowest BCUT2D eigenvalue weighted by molar-refractivity contribution is -0.0498. The van der Waals surface area contributed by atoms with Crippen molar-refractivity contribution in [2.75, 3.05) is 32.1 Å². The Morgan fingerprint density at radius 1 is 1.26 bits per heavy atom. The number of aromatic nitrogens is 1. The number of nitrogens with zero attached hydrogens (tertiary/aromatic N) is 2. The molecule has 1 aliphatic carbocycles. The predicted molar refractivity (Wildman–Crippen MR) is 132 cm³/mol. The first-order valence-corrected chi connectivity index (χ1v) is 12.2. The molecule has 1 unspecified atom stereocenters. The molecule has 0 bridgehead atoms. The number of methoxy groups -OCH3 is 1. The van der Waals surface area contributed by atoms with Crippen LogP contribution in [0.25, 0.3) is 6.08 Å². The van der Waals surface area contributed by atoms with E-state index in [1.807, 2.05) is 29.2 Å². The van der Waals surface area contributed by atoms with Gasteiger partial charge in [0.25, 0.3) is 0 Å². The van der Waals surface area contributed by atoms with Crippen molar-refractivity contribution in [1.29, 1.82) is 0 Å². The van der Waals surface area contributed by atoms with E-state index in [1.165, 1.54) is 5.57 Å². The Balaban J connectivity index is 1.29. The van der Waals surface area contributed by atoms with Gasteiger partial charge in [-0.05, 0) is 54.9 Å². The van der Waals surface area contributed by atoms with Crippen LogP contribution in [-0.2, 0) is 0 Å². The number of hydrogen-bond donors (Lipinski definition) is 1. The SMILES string of the molecule is COc1ccc(NC(=O)N2CCC(=Cc3cccc(OCC4CCC(F)(F)CC4)c3)C(C)C2)cn1. The monoisotopic (exact) mass is 485 g/mol. The van der Waals surface area contributed by atoms with Crippen molar-refractivity contribution < 1.29 is 23.0 Å². The molecule has 1 saturated heterocycles. The van der Waals surface area contributed by atoms with E-state index >= 15 is 0 Å². The molecule has 35 heavy (non-hydrogen) atoms. The van der Waals surface area contributed by atoms with Gasteiger partial charge < -0.3 is 19.7 Å². The Labute approximate surface area is 205 Å². The van der Waals surface area contributed by atoms with Crippen molar-refractivity contribution in [3.8, 4) is 11.6 Å². The zero-order valence-corrected chi connectivity index (χ0v) is 20.3. The Bertz CT molecular complexity index is 1030. The van der Waals surface area contributed by atoms with Gasteiger partial charge in [0.05, 0.1) is 25.6 Å². The average Bonchev–Trinajstić information content (AvgIpc) is 2.85. The number of nitrogens with one attached hydrogen (secondary N) is 1. The highest BCUT2D eigenvalue weighted by Gasteiger charge is 2.35.